The van der Waals surface area contributed by atoms with E-state index < -0.39 is 16.1 Å². The van der Waals surface area contributed by atoms with E-state index in [0.717, 1.165) is 12.8 Å². The second-order valence-electron chi connectivity index (χ2n) is 10.1. The largest absolute Gasteiger partial charge is 1.00 e. The molecule has 0 bridgehead atoms. The van der Waals surface area contributed by atoms with E-state index in [1.54, 1.807) is 11.1 Å². The standard InChI is InChI=1S/2C11H19Si.C2H6Si.2ClH.Ti/c2*1-5-6-10-7-8-11(9-10)12(2,3)4;1-3-2;;;/h2*9H,5-7H2,1-4H3;1-2H3;2*1H;/q2*-1;;;;+2/p-2. The van der Waals surface area contributed by atoms with Crippen LogP contribution in [-0.2, 0) is 19.2 Å². The minimum atomic E-state index is -1.07. The molecular weight excluding hydrogens is 491 g/mol. The van der Waals surface area contributed by atoms with Crippen LogP contribution in [0.4, 0.5) is 0 Å². The van der Waals surface area contributed by atoms with Gasteiger partial charge in [-0.3, -0.25) is 12.2 Å². The summed E-state index contributed by atoms with van der Waals surface area (Å²) in [7, 11) is -2.13. The summed E-state index contributed by atoms with van der Waals surface area (Å²) < 4.78 is 0. The van der Waals surface area contributed by atoms with Gasteiger partial charge < -0.3 is 24.8 Å². The molecule has 0 spiro atoms. The predicted molar refractivity (Wildman–Crippen MR) is 133 cm³/mol. The molecule has 0 atom stereocenters. The van der Waals surface area contributed by atoms with Gasteiger partial charge in [0.25, 0.3) is 0 Å². The molecule has 0 fully saturated rings. The first-order chi connectivity index (χ1) is 12.8. The maximum Gasteiger partial charge on any atom is -1.00 e. The summed E-state index contributed by atoms with van der Waals surface area (Å²) in [4.78, 5) is 0. The van der Waals surface area contributed by atoms with Crippen LogP contribution in [0.15, 0.2) is 33.7 Å². The van der Waals surface area contributed by atoms with E-state index in [4.69, 9.17) is 0 Å². The summed E-state index contributed by atoms with van der Waals surface area (Å²) in [6.07, 6.45) is 19.2. The zero-order chi connectivity index (χ0) is 22.0. The zero-order valence-corrected chi connectivity index (χ0v) is 27.2. The summed E-state index contributed by atoms with van der Waals surface area (Å²) in [5.74, 6) is 0. The maximum atomic E-state index is 3.52. The Balaban J connectivity index is -0.000000391. The van der Waals surface area contributed by atoms with Gasteiger partial charge in [-0.05, 0) is 12.8 Å². The molecule has 2 aliphatic carbocycles. The van der Waals surface area contributed by atoms with Gasteiger partial charge in [0, 0.05) is 16.1 Å². The molecule has 2 rings (SSSR count). The van der Waals surface area contributed by atoms with Crippen LogP contribution in [0.3, 0.4) is 0 Å². The van der Waals surface area contributed by atoms with Crippen molar-refractivity contribution in [3.63, 3.8) is 0 Å². The second-order valence-corrected chi connectivity index (χ2v) is 26.9. The predicted octanol–water partition coefficient (Wildman–Crippen LogP) is 2.24. The first kappa shape index (κ1) is 35.5. The van der Waals surface area contributed by atoms with Crippen LogP contribution in [0.1, 0.15) is 52.4 Å². The Labute approximate surface area is 215 Å². The normalized spacial score (nSPS) is 15.1. The molecular formula is C24H44Cl2Si3Ti-2. The number of rotatable bonds is 6. The summed E-state index contributed by atoms with van der Waals surface area (Å²) >= 11 is 2.27. The van der Waals surface area contributed by atoms with Crippen molar-refractivity contribution in [2.24, 2.45) is 0 Å². The van der Waals surface area contributed by atoms with E-state index in [-0.39, 0.29) is 31.0 Å². The average Bonchev–Trinajstić information content (AvgIpc) is 3.16. The molecule has 0 radical (unpaired) electrons. The van der Waals surface area contributed by atoms with Crippen LogP contribution in [0.5, 0.6) is 0 Å². The Morgan fingerprint density at radius 1 is 0.767 bits per heavy atom. The quantitative estimate of drug-likeness (QED) is 0.362. The molecule has 172 valence electrons. The molecule has 0 aromatic carbocycles. The minimum Gasteiger partial charge on any atom is -1.00 e. The molecule has 0 heterocycles. The topological polar surface area (TPSA) is 0 Å². The third kappa shape index (κ3) is 16.5. The van der Waals surface area contributed by atoms with Gasteiger partial charge in [0.15, 0.2) is 0 Å². The van der Waals surface area contributed by atoms with Crippen LogP contribution < -0.4 is 24.8 Å². The fourth-order valence-electron chi connectivity index (χ4n) is 2.96. The summed E-state index contributed by atoms with van der Waals surface area (Å²) in [5.41, 5.74) is 3.19. The number of hydrogen-bond donors (Lipinski definition) is 0. The Kier molecular flexibility index (Phi) is 20.6. The third-order valence-corrected chi connectivity index (χ3v) is 8.34. The van der Waals surface area contributed by atoms with Crippen LogP contribution >= 0.6 is 0 Å². The number of hydrogen-bond acceptors (Lipinski definition) is 0. The molecule has 0 amide bonds. The van der Waals surface area contributed by atoms with Gasteiger partial charge in [0.05, 0.1) is 0 Å². The first-order valence-corrected chi connectivity index (χ1v) is 22.8. The Morgan fingerprint density at radius 3 is 1.20 bits per heavy atom. The van der Waals surface area contributed by atoms with Gasteiger partial charge >= 0.3 is 38.5 Å². The minimum absolute atomic E-state index is 0. The van der Waals surface area contributed by atoms with Gasteiger partial charge in [-0.1, -0.05) is 66.0 Å². The molecule has 0 aliphatic heterocycles. The van der Waals surface area contributed by atoms with E-state index in [1.165, 1.54) is 36.1 Å². The molecule has 30 heavy (non-hydrogen) atoms. The number of allylic oxidation sites excluding steroid dienone is 8. The van der Waals surface area contributed by atoms with Crippen molar-refractivity contribution in [3.05, 3.63) is 45.8 Å². The molecule has 2 aliphatic rings. The summed E-state index contributed by atoms with van der Waals surface area (Å²) in [6, 6.07) is 0. The van der Waals surface area contributed by atoms with Crippen LogP contribution in [0.2, 0.25) is 52.4 Å². The SMILES string of the molecule is CCCC1=CC([Si](C)(C)C)=[C-]C1.CCCC1=CC([Si](C)(C)C)=[C-]C1.C[Si](C)=[Ti+2].[Cl-].[Cl-]. The van der Waals surface area contributed by atoms with Crippen molar-refractivity contribution >= 4 is 22.3 Å². The van der Waals surface area contributed by atoms with Crippen molar-refractivity contribution in [1.29, 1.82) is 0 Å². The van der Waals surface area contributed by atoms with Crippen LogP contribution in [0, 0.1) is 12.2 Å². The molecule has 0 saturated carbocycles. The van der Waals surface area contributed by atoms with E-state index in [1.807, 2.05) is 0 Å². The van der Waals surface area contributed by atoms with Gasteiger partial charge in [-0.25, -0.2) is 22.5 Å². The molecule has 0 saturated heterocycles. The smallest absolute Gasteiger partial charge is 1.00 e. The van der Waals surface area contributed by atoms with E-state index in [9.17, 15) is 0 Å². The number of halogens is 2. The van der Waals surface area contributed by atoms with Crippen LogP contribution in [-0.4, -0.2) is 22.3 Å². The van der Waals surface area contributed by atoms with E-state index >= 15 is 0 Å². The van der Waals surface area contributed by atoms with Crippen molar-refractivity contribution < 1.29 is 44.0 Å². The molecule has 0 N–H and O–H groups in total. The molecule has 0 aromatic heterocycles. The summed E-state index contributed by atoms with van der Waals surface area (Å²) in [5, 5.41) is 3.07. The second kappa shape index (κ2) is 17.4. The van der Waals surface area contributed by atoms with Gasteiger partial charge in [-0.2, -0.15) is 11.1 Å². The molecule has 0 aromatic rings. The summed E-state index contributed by atoms with van der Waals surface area (Å²) in [6.45, 7) is 23.4. The molecule has 0 nitrogen and oxygen atoms in total. The Hall–Kier alpha value is 0.905. The monoisotopic (exact) mass is 534 g/mol. The van der Waals surface area contributed by atoms with Crippen molar-refractivity contribution in [3.8, 4) is 0 Å². The van der Waals surface area contributed by atoms with Crippen molar-refractivity contribution in [1.82, 2.24) is 0 Å². The van der Waals surface area contributed by atoms with Crippen molar-refractivity contribution in [2.75, 3.05) is 0 Å². The van der Waals surface area contributed by atoms with Crippen molar-refractivity contribution in [2.45, 2.75) is 105 Å². The van der Waals surface area contributed by atoms with E-state index in [0.29, 0.717) is 0 Å². The molecule has 0 unspecified atom stereocenters. The Bertz CT molecular complexity index is 580. The fourth-order valence-corrected chi connectivity index (χ4v) is 5.47. The zero-order valence-electron chi connectivity index (χ0n) is 21.2. The van der Waals surface area contributed by atoms with Gasteiger partial charge in [0.1, 0.15) is 0 Å². The van der Waals surface area contributed by atoms with Gasteiger partial charge in [-0.15, -0.1) is 12.8 Å². The average molecular weight is 536 g/mol. The maximum absolute atomic E-state index is 3.52. The Morgan fingerprint density at radius 2 is 1.03 bits per heavy atom. The first-order valence-electron chi connectivity index (χ1n) is 10.9. The molecule has 6 heteroatoms. The van der Waals surface area contributed by atoms with Gasteiger partial charge in [0.2, 0.25) is 0 Å². The van der Waals surface area contributed by atoms with Crippen LogP contribution in [0.25, 0.3) is 0 Å². The van der Waals surface area contributed by atoms with E-state index in [2.05, 4.69) is 110 Å². The fraction of sp³-hybridized carbons (Fsp3) is 0.667. The third-order valence-electron chi connectivity index (χ3n) is 4.47.